The molecule has 0 bridgehead atoms. The van der Waals surface area contributed by atoms with Gasteiger partial charge < -0.3 is 20.1 Å². The number of ether oxygens (including phenoxy) is 1. The molecule has 0 radical (unpaired) electrons. The van der Waals surface area contributed by atoms with Gasteiger partial charge in [-0.2, -0.15) is 0 Å². The average molecular weight is 477 g/mol. The predicted molar refractivity (Wildman–Crippen MR) is 131 cm³/mol. The molecule has 4 atom stereocenters. The van der Waals surface area contributed by atoms with Crippen LogP contribution in [-0.2, 0) is 14.3 Å². The Kier molecular flexibility index (Phi) is 6.03. The number of benzene rings is 2. The Morgan fingerprint density at radius 3 is 2.03 bits per heavy atom. The summed E-state index contributed by atoms with van der Waals surface area (Å²) >= 11 is 0. The average Bonchev–Trinajstić information content (AvgIpc) is 3.18. The lowest BCUT2D eigenvalue weighted by Gasteiger charge is -2.31. The molecular formula is C28H32N2O5. The van der Waals surface area contributed by atoms with Gasteiger partial charge in [-0.25, -0.2) is 4.79 Å². The van der Waals surface area contributed by atoms with Crippen molar-refractivity contribution in [3.8, 4) is 11.1 Å². The van der Waals surface area contributed by atoms with Crippen molar-refractivity contribution in [3.05, 3.63) is 59.7 Å². The van der Waals surface area contributed by atoms with Gasteiger partial charge in [0.05, 0.1) is 11.8 Å². The van der Waals surface area contributed by atoms with Crippen LogP contribution in [-0.4, -0.2) is 53.7 Å². The van der Waals surface area contributed by atoms with E-state index in [0.29, 0.717) is 13.1 Å². The van der Waals surface area contributed by atoms with Gasteiger partial charge >= 0.3 is 12.1 Å². The number of nitrogens with zero attached hydrogens (tertiary/aromatic N) is 1. The van der Waals surface area contributed by atoms with Gasteiger partial charge in [-0.15, -0.1) is 0 Å². The Balaban J connectivity index is 1.20. The highest BCUT2D eigenvalue weighted by molar-refractivity contribution is 5.83. The van der Waals surface area contributed by atoms with E-state index in [1.165, 1.54) is 11.1 Å². The van der Waals surface area contributed by atoms with Crippen LogP contribution in [0.3, 0.4) is 0 Å². The fourth-order valence-electron chi connectivity index (χ4n) is 6.28. The SMILES string of the molecule is CC(C)C(C(=O)N1CC2C(C1)C2C(=O)O)C(C)NC(=O)OCC1c2ccccc2-c2ccccc21. The zero-order chi connectivity index (χ0) is 24.9. The number of piperidine rings is 1. The molecule has 5 rings (SSSR count). The zero-order valence-electron chi connectivity index (χ0n) is 20.3. The number of carboxylic acids is 1. The molecule has 4 unspecified atom stereocenters. The number of hydrogen-bond acceptors (Lipinski definition) is 4. The summed E-state index contributed by atoms with van der Waals surface area (Å²) in [6, 6.07) is 16.0. The molecule has 2 aromatic carbocycles. The molecule has 0 spiro atoms. The zero-order valence-corrected chi connectivity index (χ0v) is 20.3. The Labute approximate surface area is 205 Å². The summed E-state index contributed by atoms with van der Waals surface area (Å²) in [4.78, 5) is 39.1. The molecule has 1 saturated carbocycles. The molecule has 1 heterocycles. The number of carbonyl (C=O) groups excluding carboxylic acids is 2. The van der Waals surface area contributed by atoms with Gasteiger partial charge in [-0.1, -0.05) is 62.4 Å². The van der Waals surface area contributed by atoms with Crippen LogP contribution in [0.1, 0.15) is 37.8 Å². The molecule has 7 nitrogen and oxygen atoms in total. The second-order valence-corrected chi connectivity index (χ2v) is 10.5. The molecule has 2 amide bonds. The van der Waals surface area contributed by atoms with E-state index < -0.39 is 24.0 Å². The molecule has 35 heavy (non-hydrogen) atoms. The summed E-state index contributed by atoms with van der Waals surface area (Å²) in [5.41, 5.74) is 4.64. The quantitative estimate of drug-likeness (QED) is 0.630. The first-order chi connectivity index (χ1) is 16.8. The maximum Gasteiger partial charge on any atom is 0.407 e. The number of amides is 2. The van der Waals surface area contributed by atoms with E-state index in [0.717, 1.165) is 11.1 Å². The summed E-state index contributed by atoms with van der Waals surface area (Å²) < 4.78 is 5.67. The molecule has 0 aromatic heterocycles. The number of carbonyl (C=O) groups is 3. The number of carboxylic acid groups (broad SMARTS) is 1. The molecule has 1 aliphatic heterocycles. The molecular weight excluding hydrogens is 444 g/mol. The third kappa shape index (κ3) is 4.17. The molecule has 2 aliphatic carbocycles. The van der Waals surface area contributed by atoms with Crippen LogP contribution >= 0.6 is 0 Å². The van der Waals surface area contributed by atoms with Crippen molar-refractivity contribution in [1.29, 1.82) is 0 Å². The third-order valence-electron chi connectivity index (χ3n) is 8.02. The van der Waals surface area contributed by atoms with Crippen molar-refractivity contribution in [1.82, 2.24) is 10.2 Å². The van der Waals surface area contributed by atoms with E-state index in [4.69, 9.17) is 4.74 Å². The van der Waals surface area contributed by atoms with Crippen molar-refractivity contribution in [3.63, 3.8) is 0 Å². The summed E-state index contributed by atoms with van der Waals surface area (Å²) in [7, 11) is 0. The van der Waals surface area contributed by atoms with Crippen LogP contribution in [0.25, 0.3) is 11.1 Å². The molecule has 184 valence electrons. The number of aliphatic carboxylic acids is 1. The molecule has 7 heteroatoms. The molecule has 3 aliphatic rings. The van der Waals surface area contributed by atoms with E-state index in [9.17, 15) is 19.5 Å². The lowest BCUT2D eigenvalue weighted by Crippen LogP contribution is -2.49. The van der Waals surface area contributed by atoms with Gasteiger partial charge in [-0.05, 0) is 46.9 Å². The summed E-state index contributed by atoms with van der Waals surface area (Å²) in [5.74, 6) is -1.39. The second-order valence-electron chi connectivity index (χ2n) is 10.5. The first kappa shape index (κ1) is 23.4. The Bertz CT molecular complexity index is 1100. The van der Waals surface area contributed by atoms with Gasteiger partial charge in [-0.3, -0.25) is 9.59 Å². The number of likely N-dealkylation sites (tertiary alicyclic amines) is 1. The van der Waals surface area contributed by atoms with Crippen LogP contribution in [0.2, 0.25) is 0 Å². The molecule has 2 aromatic rings. The first-order valence-corrected chi connectivity index (χ1v) is 12.4. The van der Waals surface area contributed by atoms with E-state index in [1.807, 2.05) is 45.0 Å². The monoisotopic (exact) mass is 476 g/mol. The topological polar surface area (TPSA) is 95.9 Å². The van der Waals surface area contributed by atoms with Gasteiger partial charge in [0.2, 0.25) is 5.91 Å². The number of hydrogen-bond donors (Lipinski definition) is 2. The molecule has 2 fully saturated rings. The van der Waals surface area contributed by atoms with Crippen molar-refractivity contribution < 1.29 is 24.2 Å². The number of rotatable bonds is 7. The van der Waals surface area contributed by atoms with Crippen molar-refractivity contribution >= 4 is 18.0 Å². The summed E-state index contributed by atoms with van der Waals surface area (Å²) in [5, 5.41) is 12.1. The van der Waals surface area contributed by atoms with Crippen molar-refractivity contribution in [2.75, 3.05) is 19.7 Å². The lowest BCUT2D eigenvalue weighted by atomic mass is 9.88. The van der Waals surface area contributed by atoms with Crippen molar-refractivity contribution in [2.24, 2.45) is 29.6 Å². The maximum atomic E-state index is 13.3. The smallest absolute Gasteiger partial charge is 0.407 e. The molecule has 2 N–H and O–H groups in total. The van der Waals surface area contributed by atoms with Crippen LogP contribution in [0, 0.1) is 29.6 Å². The fraction of sp³-hybridized carbons (Fsp3) is 0.464. The normalized spacial score (nSPS) is 23.8. The number of fused-ring (bicyclic) bond motifs is 4. The van der Waals surface area contributed by atoms with E-state index in [2.05, 4.69) is 29.6 Å². The number of nitrogens with one attached hydrogen (secondary N) is 1. The van der Waals surface area contributed by atoms with Gasteiger partial charge in [0.25, 0.3) is 0 Å². The maximum absolute atomic E-state index is 13.3. The van der Waals surface area contributed by atoms with Gasteiger partial charge in [0, 0.05) is 25.0 Å². The Morgan fingerprint density at radius 2 is 1.51 bits per heavy atom. The van der Waals surface area contributed by atoms with E-state index in [1.54, 1.807) is 4.90 Å². The highest BCUT2D eigenvalue weighted by Gasteiger charge is 2.61. The number of alkyl carbamates (subject to hydrolysis) is 1. The standard InChI is InChI=1S/C28H32N2O5/c1-15(2)24(26(31)30-12-21-22(13-30)25(21)27(32)33)16(3)29-28(34)35-14-23-19-10-6-4-8-17(19)18-9-5-7-11-20(18)23/h4-11,15-16,21-25H,12-14H2,1-3H3,(H,29,34)(H,32,33). The largest absolute Gasteiger partial charge is 0.481 e. The van der Waals surface area contributed by atoms with Gasteiger partial charge in [0.1, 0.15) is 6.61 Å². The van der Waals surface area contributed by atoms with Crippen LogP contribution in [0.4, 0.5) is 4.79 Å². The van der Waals surface area contributed by atoms with E-state index in [-0.39, 0.29) is 42.1 Å². The Hall–Kier alpha value is -3.35. The minimum Gasteiger partial charge on any atom is -0.481 e. The highest BCUT2D eigenvalue weighted by Crippen LogP contribution is 2.52. The van der Waals surface area contributed by atoms with E-state index >= 15 is 0 Å². The predicted octanol–water partition coefficient (Wildman–Crippen LogP) is 3.97. The van der Waals surface area contributed by atoms with Gasteiger partial charge in [0.15, 0.2) is 0 Å². The van der Waals surface area contributed by atoms with Crippen LogP contribution in [0.5, 0.6) is 0 Å². The minimum absolute atomic E-state index is 0.0126. The van der Waals surface area contributed by atoms with Crippen LogP contribution < -0.4 is 5.32 Å². The molecule has 1 saturated heterocycles. The fourth-order valence-corrected chi connectivity index (χ4v) is 6.28. The second kappa shape index (κ2) is 9.02. The van der Waals surface area contributed by atoms with Crippen LogP contribution in [0.15, 0.2) is 48.5 Å². The Morgan fingerprint density at radius 1 is 0.971 bits per heavy atom. The highest BCUT2D eigenvalue weighted by atomic mass is 16.5. The summed E-state index contributed by atoms with van der Waals surface area (Å²) in [6.45, 7) is 6.97. The minimum atomic E-state index is -0.766. The summed E-state index contributed by atoms with van der Waals surface area (Å²) in [6.07, 6.45) is -0.534. The lowest BCUT2D eigenvalue weighted by molar-refractivity contribution is -0.142. The third-order valence-corrected chi connectivity index (χ3v) is 8.02. The van der Waals surface area contributed by atoms with Crippen molar-refractivity contribution in [2.45, 2.75) is 32.7 Å². The first-order valence-electron chi connectivity index (χ1n) is 12.4.